The second-order valence-electron chi connectivity index (χ2n) is 4.46. The number of carbonyl (C=O) groups excluding carboxylic acids is 1. The van der Waals surface area contributed by atoms with Gasteiger partial charge in [-0.2, -0.15) is 0 Å². The average Bonchev–Trinajstić information content (AvgIpc) is 2.53. The van der Waals surface area contributed by atoms with Crippen molar-refractivity contribution in [3.63, 3.8) is 0 Å². The van der Waals surface area contributed by atoms with Crippen molar-refractivity contribution < 1.29 is 14.3 Å². The van der Waals surface area contributed by atoms with Crippen molar-refractivity contribution in [1.29, 1.82) is 0 Å². The van der Waals surface area contributed by atoms with Gasteiger partial charge < -0.3 is 9.47 Å². The Balaban J connectivity index is 2.20. The van der Waals surface area contributed by atoms with E-state index in [1.165, 1.54) is 0 Å². The number of carbonyl (C=O) groups is 1. The Labute approximate surface area is 129 Å². The molecule has 2 rings (SSSR count). The minimum absolute atomic E-state index is 0.328. The van der Waals surface area contributed by atoms with E-state index in [2.05, 4.69) is 0 Å². The molecule has 0 radical (unpaired) electrons. The molecule has 0 atom stereocenters. The largest absolute Gasteiger partial charge is 0.488 e. The first-order chi connectivity index (χ1) is 10.2. The summed E-state index contributed by atoms with van der Waals surface area (Å²) in [7, 11) is 0. The lowest BCUT2D eigenvalue weighted by atomic mass is 10.1. The fraction of sp³-hybridized carbons (Fsp3) is 0.235. The van der Waals surface area contributed by atoms with Crippen molar-refractivity contribution in [2.75, 3.05) is 6.61 Å². The van der Waals surface area contributed by atoms with Gasteiger partial charge in [-0.1, -0.05) is 36.4 Å². The summed E-state index contributed by atoms with van der Waals surface area (Å²) >= 11 is 5.84. The van der Waals surface area contributed by atoms with Crippen molar-refractivity contribution in [1.82, 2.24) is 0 Å². The second-order valence-corrected chi connectivity index (χ2v) is 4.73. The minimum Gasteiger partial charge on any atom is -0.488 e. The Morgan fingerprint density at radius 2 is 1.86 bits per heavy atom. The van der Waals surface area contributed by atoms with Gasteiger partial charge in [-0.15, -0.1) is 11.6 Å². The average molecular weight is 305 g/mol. The molecular formula is C17H17ClO3. The maximum absolute atomic E-state index is 11.9. The highest BCUT2D eigenvalue weighted by Gasteiger charge is 2.14. The van der Waals surface area contributed by atoms with Gasteiger partial charge in [0.25, 0.3) is 0 Å². The predicted molar refractivity (Wildman–Crippen MR) is 82.7 cm³/mol. The third-order valence-electron chi connectivity index (χ3n) is 2.93. The van der Waals surface area contributed by atoms with Gasteiger partial charge in [0.15, 0.2) is 0 Å². The molecule has 0 aliphatic carbocycles. The first-order valence-electron chi connectivity index (χ1n) is 6.77. The molecule has 0 amide bonds. The van der Waals surface area contributed by atoms with Crippen molar-refractivity contribution in [2.24, 2.45) is 0 Å². The van der Waals surface area contributed by atoms with E-state index in [4.69, 9.17) is 21.1 Å². The first kappa shape index (κ1) is 15.4. The van der Waals surface area contributed by atoms with Crippen LogP contribution in [0.4, 0.5) is 0 Å². The van der Waals surface area contributed by atoms with Crippen LogP contribution in [0.3, 0.4) is 0 Å². The summed E-state index contributed by atoms with van der Waals surface area (Å²) < 4.78 is 10.8. The summed E-state index contributed by atoms with van der Waals surface area (Å²) in [6.45, 7) is 2.49. The van der Waals surface area contributed by atoms with E-state index in [9.17, 15) is 4.79 Å². The third kappa shape index (κ3) is 4.23. The van der Waals surface area contributed by atoms with Gasteiger partial charge in [0.1, 0.15) is 17.9 Å². The van der Waals surface area contributed by atoms with E-state index in [0.29, 0.717) is 30.4 Å². The monoisotopic (exact) mass is 304 g/mol. The van der Waals surface area contributed by atoms with Crippen LogP contribution < -0.4 is 4.74 Å². The van der Waals surface area contributed by atoms with Gasteiger partial charge in [-0.05, 0) is 30.2 Å². The molecule has 21 heavy (non-hydrogen) atoms. The summed E-state index contributed by atoms with van der Waals surface area (Å²) in [5, 5.41) is 0. The Bertz CT molecular complexity index is 596. The molecule has 0 fully saturated rings. The van der Waals surface area contributed by atoms with Crippen LogP contribution in [0.1, 0.15) is 28.4 Å². The summed E-state index contributed by atoms with van der Waals surface area (Å²) in [6, 6.07) is 15.0. The van der Waals surface area contributed by atoms with E-state index < -0.39 is 0 Å². The van der Waals surface area contributed by atoms with Crippen molar-refractivity contribution in [3.8, 4) is 5.75 Å². The Kier molecular flexibility index (Phi) is 5.64. The predicted octanol–water partition coefficient (Wildman–Crippen LogP) is 4.18. The molecule has 0 aliphatic rings. The topological polar surface area (TPSA) is 35.5 Å². The van der Waals surface area contributed by atoms with E-state index in [1.807, 2.05) is 30.3 Å². The molecule has 2 aromatic rings. The molecule has 0 unspecified atom stereocenters. The van der Waals surface area contributed by atoms with E-state index in [-0.39, 0.29) is 5.97 Å². The maximum atomic E-state index is 11.9. The van der Waals surface area contributed by atoms with Crippen molar-refractivity contribution in [3.05, 3.63) is 65.2 Å². The van der Waals surface area contributed by atoms with Gasteiger partial charge in [0.2, 0.25) is 0 Å². The number of rotatable bonds is 6. The Morgan fingerprint density at radius 1 is 1.10 bits per heavy atom. The van der Waals surface area contributed by atoms with Crippen LogP contribution in [0.25, 0.3) is 0 Å². The summed E-state index contributed by atoms with van der Waals surface area (Å²) in [5.74, 6) is 0.474. The molecule has 2 aromatic carbocycles. The Morgan fingerprint density at radius 3 is 2.52 bits per heavy atom. The SMILES string of the molecule is CCOC(=O)c1ccc(CCl)cc1OCc1ccccc1. The number of halogens is 1. The highest BCUT2D eigenvalue weighted by atomic mass is 35.5. The molecule has 0 aliphatic heterocycles. The Hall–Kier alpha value is -2.00. The zero-order valence-corrected chi connectivity index (χ0v) is 12.6. The number of hydrogen-bond donors (Lipinski definition) is 0. The number of esters is 1. The zero-order chi connectivity index (χ0) is 15.1. The maximum Gasteiger partial charge on any atom is 0.341 e. The molecular weight excluding hydrogens is 288 g/mol. The highest BCUT2D eigenvalue weighted by molar-refractivity contribution is 6.17. The number of ether oxygens (including phenoxy) is 2. The zero-order valence-electron chi connectivity index (χ0n) is 11.8. The lowest BCUT2D eigenvalue weighted by Crippen LogP contribution is -2.08. The molecule has 0 aromatic heterocycles. The van der Waals surface area contributed by atoms with Crippen LogP contribution in [-0.2, 0) is 17.2 Å². The van der Waals surface area contributed by atoms with E-state index in [1.54, 1.807) is 25.1 Å². The lowest BCUT2D eigenvalue weighted by molar-refractivity contribution is 0.0521. The number of hydrogen-bond acceptors (Lipinski definition) is 3. The van der Waals surface area contributed by atoms with E-state index in [0.717, 1.165) is 11.1 Å². The van der Waals surface area contributed by atoms with Crippen LogP contribution in [0.2, 0.25) is 0 Å². The van der Waals surface area contributed by atoms with Gasteiger partial charge >= 0.3 is 5.97 Å². The van der Waals surface area contributed by atoms with Gasteiger partial charge in [0.05, 0.1) is 6.61 Å². The third-order valence-corrected chi connectivity index (χ3v) is 3.24. The van der Waals surface area contributed by atoms with Gasteiger partial charge in [-0.25, -0.2) is 4.79 Å². The van der Waals surface area contributed by atoms with Crippen LogP contribution in [0.15, 0.2) is 48.5 Å². The number of benzene rings is 2. The molecule has 4 heteroatoms. The molecule has 0 bridgehead atoms. The van der Waals surface area contributed by atoms with Crippen molar-refractivity contribution >= 4 is 17.6 Å². The lowest BCUT2D eigenvalue weighted by Gasteiger charge is -2.12. The molecule has 0 saturated carbocycles. The second kappa shape index (κ2) is 7.70. The first-order valence-corrected chi connectivity index (χ1v) is 7.30. The molecule has 0 N–H and O–H groups in total. The normalized spacial score (nSPS) is 10.2. The van der Waals surface area contributed by atoms with Crippen LogP contribution in [-0.4, -0.2) is 12.6 Å². The quantitative estimate of drug-likeness (QED) is 0.593. The van der Waals surface area contributed by atoms with Crippen LogP contribution >= 0.6 is 11.6 Å². The summed E-state index contributed by atoms with van der Waals surface area (Å²) in [6.07, 6.45) is 0. The molecule has 0 saturated heterocycles. The minimum atomic E-state index is -0.387. The van der Waals surface area contributed by atoms with E-state index >= 15 is 0 Å². The summed E-state index contributed by atoms with van der Waals surface area (Å²) in [5.41, 5.74) is 2.35. The molecule has 0 heterocycles. The smallest absolute Gasteiger partial charge is 0.341 e. The van der Waals surface area contributed by atoms with Crippen LogP contribution in [0.5, 0.6) is 5.75 Å². The number of alkyl halides is 1. The molecule has 3 nitrogen and oxygen atoms in total. The fourth-order valence-corrected chi connectivity index (χ4v) is 2.05. The van der Waals surface area contributed by atoms with Crippen molar-refractivity contribution in [2.45, 2.75) is 19.4 Å². The van der Waals surface area contributed by atoms with Crippen LogP contribution in [0, 0.1) is 0 Å². The molecule has 0 spiro atoms. The highest BCUT2D eigenvalue weighted by Crippen LogP contribution is 2.23. The van der Waals surface area contributed by atoms with Gasteiger partial charge in [-0.3, -0.25) is 0 Å². The summed E-state index contributed by atoms with van der Waals surface area (Å²) in [4.78, 5) is 11.9. The molecule has 110 valence electrons. The van der Waals surface area contributed by atoms with Gasteiger partial charge in [0, 0.05) is 5.88 Å². The fourth-order valence-electron chi connectivity index (χ4n) is 1.88. The standard InChI is InChI=1S/C17H17ClO3/c1-2-20-17(19)15-9-8-14(11-18)10-16(15)21-12-13-6-4-3-5-7-13/h3-10H,2,11-12H2,1H3.